The molecule has 0 atom stereocenters. The topological polar surface area (TPSA) is 36.4 Å². The number of carbonyl (C=O) groups is 1. The maximum Gasteiger partial charge on any atom is 0.246 e. The normalized spacial score (nSPS) is 15.4. The van der Waals surface area contributed by atoms with Crippen LogP contribution in [0.2, 0.25) is 0 Å². The van der Waals surface area contributed by atoms with Crippen LogP contribution in [0.3, 0.4) is 0 Å². The van der Waals surface area contributed by atoms with Crippen molar-refractivity contribution in [2.45, 2.75) is 6.92 Å². The highest BCUT2D eigenvalue weighted by Crippen LogP contribution is 2.30. The first kappa shape index (κ1) is 16.3. The van der Waals surface area contributed by atoms with E-state index in [0.717, 1.165) is 41.7 Å². The van der Waals surface area contributed by atoms with E-state index in [1.807, 2.05) is 28.5 Å². The summed E-state index contributed by atoms with van der Waals surface area (Å²) in [6.07, 6.45) is 3.58. The molecule has 3 heterocycles. The summed E-state index contributed by atoms with van der Waals surface area (Å²) in [6, 6.07) is 10.4. The van der Waals surface area contributed by atoms with Crippen molar-refractivity contribution < 1.29 is 4.79 Å². The van der Waals surface area contributed by atoms with Crippen molar-refractivity contribution in [2.24, 2.45) is 0 Å². The van der Waals surface area contributed by atoms with E-state index in [0.29, 0.717) is 0 Å². The standard InChI is InChI=1S/C19H19N3OS2/c1-14-4-6-16-17(13-14)25-19(20-16)22-10-8-21(9-11-22)18(23)7-5-15-3-2-12-24-15/h2-7,12-13H,8-11H2,1H3. The molecule has 0 spiro atoms. The molecule has 6 heteroatoms. The third-order valence-electron chi connectivity index (χ3n) is 4.33. The van der Waals surface area contributed by atoms with Gasteiger partial charge < -0.3 is 9.80 Å². The molecule has 1 aliphatic heterocycles. The highest BCUT2D eigenvalue weighted by Gasteiger charge is 2.21. The third-order valence-corrected chi connectivity index (χ3v) is 6.24. The van der Waals surface area contributed by atoms with Crippen LogP contribution in [-0.2, 0) is 4.79 Å². The monoisotopic (exact) mass is 369 g/mol. The number of aryl methyl sites for hydroxylation is 1. The molecule has 0 unspecified atom stereocenters. The van der Waals surface area contributed by atoms with Crippen molar-refractivity contribution in [3.05, 3.63) is 52.2 Å². The number of thiazole rings is 1. The molecule has 0 saturated carbocycles. The van der Waals surface area contributed by atoms with Gasteiger partial charge in [-0.2, -0.15) is 0 Å². The van der Waals surface area contributed by atoms with Gasteiger partial charge in [-0.15, -0.1) is 11.3 Å². The van der Waals surface area contributed by atoms with E-state index in [4.69, 9.17) is 4.98 Å². The minimum Gasteiger partial charge on any atom is -0.345 e. The summed E-state index contributed by atoms with van der Waals surface area (Å²) in [5.74, 6) is 0.0907. The molecule has 1 aromatic carbocycles. The number of hydrogen-bond acceptors (Lipinski definition) is 5. The number of carbonyl (C=O) groups excluding carboxylic acids is 1. The van der Waals surface area contributed by atoms with Gasteiger partial charge in [0.2, 0.25) is 5.91 Å². The van der Waals surface area contributed by atoms with Crippen LogP contribution in [0.25, 0.3) is 16.3 Å². The van der Waals surface area contributed by atoms with Gasteiger partial charge in [0.05, 0.1) is 10.2 Å². The van der Waals surface area contributed by atoms with Gasteiger partial charge >= 0.3 is 0 Å². The molecule has 3 aromatic rings. The summed E-state index contributed by atoms with van der Waals surface area (Å²) in [6.45, 7) is 5.24. The van der Waals surface area contributed by atoms with Gasteiger partial charge in [-0.05, 0) is 42.1 Å². The molecule has 1 aliphatic rings. The van der Waals surface area contributed by atoms with Gasteiger partial charge in [0.1, 0.15) is 0 Å². The number of aromatic nitrogens is 1. The Morgan fingerprint density at radius 2 is 2.04 bits per heavy atom. The van der Waals surface area contributed by atoms with Crippen molar-refractivity contribution in [2.75, 3.05) is 31.1 Å². The smallest absolute Gasteiger partial charge is 0.246 e. The van der Waals surface area contributed by atoms with Crippen molar-refractivity contribution in [3.63, 3.8) is 0 Å². The van der Waals surface area contributed by atoms with E-state index in [-0.39, 0.29) is 5.91 Å². The maximum atomic E-state index is 12.3. The number of thiophene rings is 1. The molecule has 128 valence electrons. The number of piperazine rings is 1. The first-order valence-corrected chi connectivity index (χ1v) is 10.0. The molecule has 0 bridgehead atoms. The summed E-state index contributed by atoms with van der Waals surface area (Å²) in [5.41, 5.74) is 2.32. The zero-order chi connectivity index (χ0) is 17.2. The first-order valence-electron chi connectivity index (χ1n) is 8.32. The van der Waals surface area contributed by atoms with Crippen LogP contribution < -0.4 is 4.90 Å². The maximum absolute atomic E-state index is 12.3. The Bertz CT molecular complexity index is 906. The lowest BCUT2D eigenvalue weighted by Gasteiger charge is -2.34. The largest absolute Gasteiger partial charge is 0.345 e. The zero-order valence-corrected chi connectivity index (χ0v) is 15.6. The molecule has 4 nitrogen and oxygen atoms in total. The van der Waals surface area contributed by atoms with E-state index in [1.54, 1.807) is 28.7 Å². The van der Waals surface area contributed by atoms with Crippen LogP contribution in [-0.4, -0.2) is 42.0 Å². The molecular formula is C19H19N3OS2. The number of hydrogen-bond donors (Lipinski definition) is 0. The van der Waals surface area contributed by atoms with Gasteiger partial charge in [0.25, 0.3) is 0 Å². The Morgan fingerprint density at radius 3 is 2.80 bits per heavy atom. The molecule has 2 aromatic heterocycles. The minimum atomic E-state index is 0.0907. The van der Waals surface area contributed by atoms with Crippen molar-refractivity contribution in [3.8, 4) is 0 Å². The molecule has 25 heavy (non-hydrogen) atoms. The third kappa shape index (κ3) is 3.60. The van der Waals surface area contributed by atoms with Crippen molar-refractivity contribution in [1.29, 1.82) is 0 Å². The van der Waals surface area contributed by atoms with Crippen LogP contribution in [0.15, 0.2) is 41.8 Å². The Kier molecular flexibility index (Phi) is 4.55. The van der Waals surface area contributed by atoms with Crippen LogP contribution in [0.4, 0.5) is 5.13 Å². The summed E-state index contributed by atoms with van der Waals surface area (Å²) in [4.78, 5) is 22.4. The van der Waals surface area contributed by atoms with E-state index < -0.39 is 0 Å². The van der Waals surface area contributed by atoms with E-state index in [2.05, 4.69) is 30.0 Å². The quantitative estimate of drug-likeness (QED) is 0.654. The minimum absolute atomic E-state index is 0.0907. The Labute approximate surface area is 155 Å². The van der Waals surface area contributed by atoms with Crippen molar-refractivity contribution >= 4 is 50.0 Å². The van der Waals surface area contributed by atoms with Gasteiger partial charge in [-0.3, -0.25) is 4.79 Å². The fraction of sp³-hybridized carbons (Fsp3) is 0.263. The second kappa shape index (κ2) is 6.98. The summed E-state index contributed by atoms with van der Waals surface area (Å²) >= 11 is 3.37. The predicted octanol–water partition coefficient (Wildman–Crippen LogP) is 4.03. The number of amides is 1. The zero-order valence-electron chi connectivity index (χ0n) is 14.0. The van der Waals surface area contributed by atoms with Gasteiger partial charge in [-0.1, -0.05) is 23.5 Å². The second-order valence-electron chi connectivity index (χ2n) is 6.13. The fourth-order valence-electron chi connectivity index (χ4n) is 2.92. The lowest BCUT2D eigenvalue weighted by atomic mass is 10.2. The number of nitrogens with zero attached hydrogens (tertiary/aromatic N) is 3. The second-order valence-corrected chi connectivity index (χ2v) is 8.12. The van der Waals surface area contributed by atoms with Crippen LogP contribution in [0.5, 0.6) is 0 Å². The number of rotatable bonds is 3. The van der Waals surface area contributed by atoms with Gasteiger partial charge in [0.15, 0.2) is 5.13 Å². The Balaban J connectivity index is 1.39. The average Bonchev–Trinajstić information content (AvgIpc) is 3.29. The van der Waals surface area contributed by atoms with Crippen LogP contribution in [0, 0.1) is 6.92 Å². The first-order chi connectivity index (χ1) is 12.2. The predicted molar refractivity (Wildman–Crippen MR) is 107 cm³/mol. The lowest BCUT2D eigenvalue weighted by Crippen LogP contribution is -2.48. The molecule has 0 N–H and O–H groups in total. The fourth-order valence-corrected chi connectivity index (χ4v) is 4.65. The Hall–Kier alpha value is -2.18. The molecule has 4 rings (SSSR count). The summed E-state index contributed by atoms with van der Waals surface area (Å²) in [7, 11) is 0. The highest BCUT2D eigenvalue weighted by molar-refractivity contribution is 7.22. The van der Waals surface area contributed by atoms with Crippen LogP contribution in [0.1, 0.15) is 10.4 Å². The van der Waals surface area contributed by atoms with Gasteiger partial charge in [0, 0.05) is 37.1 Å². The number of anilines is 1. The van der Waals surface area contributed by atoms with E-state index >= 15 is 0 Å². The molecule has 0 radical (unpaired) electrons. The average molecular weight is 370 g/mol. The van der Waals surface area contributed by atoms with Crippen LogP contribution >= 0.6 is 22.7 Å². The lowest BCUT2D eigenvalue weighted by molar-refractivity contribution is -0.126. The molecule has 1 amide bonds. The number of benzene rings is 1. The SMILES string of the molecule is Cc1ccc2nc(N3CCN(C(=O)C=Cc4cccs4)CC3)sc2c1. The van der Waals surface area contributed by atoms with Crippen molar-refractivity contribution in [1.82, 2.24) is 9.88 Å². The molecule has 0 aliphatic carbocycles. The Morgan fingerprint density at radius 1 is 1.20 bits per heavy atom. The molecule has 1 saturated heterocycles. The van der Waals surface area contributed by atoms with Gasteiger partial charge in [-0.25, -0.2) is 4.98 Å². The number of fused-ring (bicyclic) bond motifs is 1. The summed E-state index contributed by atoms with van der Waals surface area (Å²) in [5, 5.41) is 3.07. The molecule has 1 fully saturated rings. The van der Waals surface area contributed by atoms with E-state index in [9.17, 15) is 4.79 Å². The summed E-state index contributed by atoms with van der Waals surface area (Å²) < 4.78 is 1.23. The van der Waals surface area contributed by atoms with E-state index in [1.165, 1.54) is 10.3 Å². The highest BCUT2D eigenvalue weighted by atomic mass is 32.1. The molecular weight excluding hydrogens is 350 g/mol.